The number of fused-ring (bicyclic) bond motifs is 1. The molecule has 0 fully saturated rings. The topological polar surface area (TPSA) is 70.7 Å². The van der Waals surface area contributed by atoms with Crippen molar-refractivity contribution in [3.63, 3.8) is 0 Å². The third-order valence-corrected chi connectivity index (χ3v) is 3.54. The molecular formula is C14H16N4O. The number of rotatable bonds is 4. The number of carbonyl (C=O) groups excluding carboxylic acids is 1. The molecule has 2 N–H and O–H groups in total. The van der Waals surface area contributed by atoms with E-state index in [9.17, 15) is 4.79 Å². The lowest BCUT2D eigenvalue weighted by molar-refractivity contribution is 0.0940. The van der Waals surface area contributed by atoms with Crippen molar-refractivity contribution in [3.8, 4) is 0 Å². The molecule has 1 heterocycles. The van der Waals surface area contributed by atoms with Gasteiger partial charge in [-0.25, -0.2) is 4.98 Å². The van der Waals surface area contributed by atoms with E-state index in [4.69, 9.17) is 0 Å². The number of aromatic amines is 1. The van der Waals surface area contributed by atoms with Gasteiger partial charge in [-0.1, -0.05) is 31.2 Å². The summed E-state index contributed by atoms with van der Waals surface area (Å²) >= 11 is 0. The smallest absolute Gasteiger partial charge is 0.290 e. The predicted octanol–water partition coefficient (Wildman–Crippen LogP) is 1.44. The van der Waals surface area contributed by atoms with Crippen LogP contribution in [0.1, 0.15) is 40.4 Å². The van der Waals surface area contributed by atoms with Crippen LogP contribution in [0.15, 0.2) is 24.3 Å². The van der Waals surface area contributed by atoms with E-state index in [1.54, 1.807) is 0 Å². The van der Waals surface area contributed by atoms with E-state index in [2.05, 4.69) is 32.6 Å². The lowest BCUT2D eigenvalue weighted by Gasteiger charge is -2.29. The first-order valence-corrected chi connectivity index (χ1v) is 6.55. The molecule has 0 aliphatic heterocycles. The van der Waals surface area contributed by atoms with E-state index in [1.165, 1.54) is 11.1 Å². The van der Waals surface area contributed by atoms with Crippen LogP contribution in [-0.2, 0) is 12.8 Å². The van der Waals surface area contributed by atoms with Gasteiger partial charge in [0, 0.05) is 18.9 Å². The first kappa shape index (κ1) is 11.9. The quantitative estimate of drug-likeness (QED) is 0.869. The molecule has 19 heavy (non-hydrogen) atoms. The minimum atomic E-state index is -0.208. The van der Waals surface area contributed by atoms with Crippen molar-refractivity contribution in [3.05, 3.63) is 47.0 Å². The molecule has 0 saturated carbocycles. The highest BCUT2D eigenvalue weighted by Crippen LogP contribution is 2.33. The number of benzene rings is 1. The van der Waals surface area contributed by atoms with Crippen molar-refractivity contribution in [2.75, 3.05) is 6.54 Å². The number of aryl methyl sites for hydroxylation is 1. The van der Waals surface area contributed by atoms with Crippen molar-refractivity contribution in [2.24, 2.45) is 0 Å². The van der Waals surface area contributed by atoms with Crippen LogP contribution in [-0.4, -0.2) is 27.6 Å². The molecule has 0 saturated heterocycles. The predicted molar refractivity (Wildman–Crippen MR) is 71.0 cm³/mol. The van der Waals surface area contributed by atoms with E-state index in [1.807, 2.05) is 19.1 Å². The molecule has 0 bridgehead atoms. The molecule has 1 atom stereocenters. The summed E-state index contributed by atoms with van der Waals surface area (Å²) < 4.78 is 0. The molecule has 1 aromatic carbocycles. The van der Waals surface area contributed by atoms with Crippen LogP contribution >= 0.6 is 0 Å². The van der Waals surface area contributed by atoms with Gasteiger partial charge in [-0.15, -0.1) is 5.10 Å². The summed E-state index contributed by atoms with van der Waals surface area (Å²) in [4.78, 5) is 16.0. The van der Waals surface area contributed by atoms with E-state index in [-0.39, 0.29) is 11.7 Å². The normalized spacial score (nSPS) is 16.6. The van der Waals surface area contributed by atoms with Crippen LogP contribution in [0.3, 0.4) is 0 Å². The maximum Gasteiger partial charge on any atom is 0.290 e. The monoisotopic (exact) mass is 256 g/mol. The van der Waals surface area contributed by atoms with Gasteiger partial charge in [-0.2, -0.15) is 0 Å². The molecule has 3 rings (SSSR count). The summed E-state index contributed by atoms with van der Waals surface area (Å²) in [5.41, 5.74) is 2.72. The zero-order valence-corrected chi connectivity index (χ0v) is 10.8. The number of hydrogen-bond donors (Lipinski definition) is 2. The van der Waals surface area contributed by atoms with Gasteiger partial charge < -0.3 is 5.32 Å². The lowest BCUT2D eigenvalue weighted by atomic mass is 9.77. The Hall–Kier alpha value is -2.17. The first-order chi connectivity index (χ1) is 9.28. The number of carbonyl (C=O) groups is 1. The lowest BCUT2D eigenvalue weighted by Crippen LogP contribution is -2.33. The van der Waals surface area contributed by atoms with Crippen LogP contribution in [0.4, 0.5) is 0 Å². The number of nitrogens with one attached hydrogen (secondary N) is 2. The number of amides is 1. The zero-order chi connectivity index (χ0) is 13.2. The van der Waals surface area contributed by atoms with E-state index < -0.39 is 0 Å². The van der Waals surface area contributed by atoms with Crippen molar-refractivity contribution < 1.29 is 4.79 Å². The largest absolute Gasteiger partial charge is 0.349 e. The molecular weight excluding hydrogens is 240 g/mol. The van der Waals surface area contributed by atoms with Crippen molar-refractivity contribution in [1.29, 1.82) is 0 Å². The fraction of sp³-hybridized carbons (Fsp3) is 0.357. The van der Waals surface area contributed by atoms with E-state index in [0.29, 0.717) is 12.5 Å². The Balaban J connectivity index is 1.58. The maximum atomic E-state index is 11.9. The van der Waals surface area contributed by atoms with Crippen molar-refractivity contribution in [1.82, 2.24) is 20.5 Å². The molecule has 0 spiro atoms. The molecule has 98 valence electrons. The summed E-state index contributed by atoms with van der Waals surface area (Å²) in [6, 6.07) is 8.34. The molecule has 5 heteroatoms. The molecule has 1 aliphatic carbocycles. The fourth-order valence-corrected chi connectivity index (χ4v) is 2.39. The van der Waals surface area contributed by atoms with Crippen LogP contribution in [0.25, 0.3) is 0 Å². The summed E-state index contributed by atoms with van der Waals surface area (Å²) in [7, 11) is 0. The Morgan fingerprint density at radius 1 is 1.47 bits per heavy atom. The number of hydrogen-bond acceptors (Lipinski definition) is 3. The first-order valence-electron chi connectivity index (χ1n) is 6.55. The molecule has 1 amide bonds. The van der Waals surface area contributed by atoms with Gasteiger partial charge in [0.1, 0.15) is 5.82 Å². The third-order valence-electron chi connectivity index (χ3n) is 3.54. The third kappa shape index (κ3) is 2.23. The highest BCUT2D eigenvalue weighted by atomic mass is 16.2. The second-order valence-corrected chi connectivity index (χ2v) is 4.77. The van der Waals surface area contributed by atoms with E-state index >= 15 is 0 Å². The van der Waals surface area contributed by atoms with Gasteiger partial charge in [0.05, 0.1) is 0 Å². The van der Waals surface area contributed by atoms with Gasteiger partial charge in [-0.3, -0.25) is 9.89 Å². The van der Waals surface area contributed by atoms with Gasteiger partial charge >= 0.3 is 0 Å². The van der Waals surface area contributed by atoms with Gasteiger partial charge in [0.2, 0.25) is 5.82 Å². The van der Waals surface area contributed by atoms with Crippen molar-refractivity contribution in [2.45, 2.75) is 25.7 Å². The molecule has 2 aromatic rings. The Bertz CT molecular complexity index is 605. The summed E-state index contributed by atoms with van der Waals surface area (Å²) in [6.45, 7) is 2.61. The highest BCUT2D eigenvalue weighted by molar-refractivity contribution is 5.90. The number of H-pyrrole nitrogens is 1. The Morgan fingerprint density at radius 3 is 3.05 bits per heavy atom. The number of aromatic nitrogens is 3. The van der Waals surface area contributed by atoms with Crippen LogP contribution < -0.4 is 5.32 Å². The minimum absolute atomic E-state index is 0.208. The summed E-state index contributed by atoms with van der Waals surface area (Å²) in [5, 5.41) is 9.55. The standard InChI is InChI=1S/C14H16N4O/c1-2-12-16-13(18-17-12)14(19)15-8-10-7-9-5-3-4-6-11(9)10/h3-6,10H,2,7-8H2,1H3,(H,15,19)(H,16,17,18). The molecule has 1 unspecified atom stereocenters. The zero-order valence-electron chi connectivity index (χ0n) is 10.8. The molecule has 1 aliphatic rings. The second-order valence-electron chi connectivity index (χ2n) is 4.77. The number of nitrogens with zero attached hydrogens (tertiary/aromatic N) is 2. The maximum absolute atomic E-state index is 11.9. The second kappa shape index (κ2) is 4.84. The summed E-state index contributed by atoms with van der Waals surface area (Å²) in [6.07, 6.45) is 1.78. The molecule has 5 nitrogen and oxygen atoms in total. The van der Waals surface area contributed by atoms with Crippen molar-refractivity contribution >= 4 is 5.91 Å². The Morgan fingerprint density at radius 2 is 2.32 bits per heavy atom. The average Bonchev–Trinajstić information content (AvgIpc) is 2.88. The van der Waals surface area contributed by atoms with Gasteiger partial charge in [0.25, 0.3) is 5.91 Å². The molecule has 1 aromatic heterocycles. The van der Waals surface area contributed by atoms with Crippen LogP contribution in [0.5, 0.6) is 0 Å². The van der Waals surface area contributed by atoms with E-state index in [0.717, 1.165) is 18.7 Å². The van der Waals surface area contributed by atoms with Gasteiger partial charge in [0.15, 0.2) is 0 Å². The Kier molecular flexibility index (Phi) is 3.03. The average molecular weight is 256 g/mol. The minimum Gasteiger partial charge on any atom is -0.349 e. The fourth-order valence-electron chi connectivity index (χ4n) is 2.39. The molecule has 0 radical (unpaired) electrons. The Labute approximate surface area is 111 Å². The van der Waals surface area contributed by atoms with Crippen LogP contribution in [0, 0.1) is 0 Å². The van der Waals surface area contributed by atoms with Gasteiger partial charge in [-0.05, 0) is 17.5 Å². The summed E-state index contributed by atoms with van der Waals surface area (Å²) in [5.74, 6) is 1.17. The SMILES string of the molecule is CCc1nc(C(=O)NCC2Cc3ccccc32)n[nH]1. The highest BCUT2D eigenvalue weighted by Gasteiger charge is 2.26. The van der Waals surface area contributed by atoms with Crippen LogP contribution in [0.2, 0.25) is 0 Å².